The molecule has 1 aromatic heterocycles. The van der Waals surface area contributed by atoms with Crippen molar-refractivity contribution in [2.24, 2.45) is 5.73 Å². The fourth-order valence-electron chi connectivity index (χ4n) is 2.07. The fourth-order valence-corrected chi connectivity index (χ4v) is 4.80. The van der Waals surface area contributed by atoms with Crippen molar-refractivity contribution in [2.75, 3.05) is 4.72 Å². The number of sulfonamides is 1. The van der Waals surface area contributed by atoms with Gasteiger partial charge in [-0.15, -0.1) is 0 Å². The van der Waals surface area contributed by atoms with Crippen molar-refractivity contribution in [1.29, 1.82) is 0 Å². The third kappa shape index (κ3) is 3.36. The number of furan rings is 1. The van der Waals surface area contributed by atoms with E-state index in [0.717, 1.165) is 0 Å². The van der Waals surface area contributed by atoms with E-state index in [-0.39, 0.29) is 11.4 Å². The largest absolute Gasteiger partial charge is 0.465 e. The minimum atomic E-state index is -3.77. The van der Waals surface area contributed by atoms with Crippen LogP contribution < -0.4 is 10.5 Å². The Hall–Kier alpha value is -0.770. The number of nitrogens with one attached hydrogen (secondary N) is 1. The summed E-state index contributed by atoms with van der Waals surface area (Å²) in [6.45, 7) is 3.39. The minimum Gasteiger partial charge on any atom is -0.465 e. The molecular weight excluding hydrogens is 427 g/mol. The average Bonchev–Trinajstić information content (AvgIpc) is 2.67. The number of hydrogen-bond acceptors (Lipinski definition) is 4. The van der Waals surface area contributed by atoms with Gasteiger partial charge in [0.1, 0.15) is 16.4 Å². The molecule has 3 N–H and O–H groups in total. The summed E-state index contributed by atoms with van der Waals surface area (Å²) >= 11 is 7.89. The Morgan fingerprint density at radius 1 is 1.33 bits per heavy atom. The minimum absolute atomic E-state index is 0.0944. The highest BCUT2D eigenvalue weighted by atomic mass is 127. The second kappa shape index (κ2) is 6.15. The molecule has 0 atom stereocenters. The van der Waals surface area contributed by atoms with E-state index in [9.17, 15) is 8.42 Å². The van der Waals surface area contributed by atoms with E-state index in [1.165, 1.54) is 0 Å². The summed E-state index contributed by atoms with van der Waals surface area (Å²) in [5, 5.41) is 0.542. The molecule has 5 nitrogen and oxygen atoms in total. The van der Waals surface area contributed by atoms with Gasteiger partial charge in [0.05, 0.1) is 5.69 Å². The van der Waals surface area contributed by atoms with Gasteiger partial charge in [0, 0.05) is 20.7 Å². The van der Waals surface area contributed by atoms with Gasteiger partial charge in [-0.2, -0.15) is 0 Å². The summed E-state index contributed by atoms with van der Waals surface area (Å²) in [5.41, 5.74) is 6.58. The lowest BCUT2D eigenvalue weighted by atomic mass is 10.2. The third-order valence-electron chi connectivity index (χ3n) is 2.97. The maximum absolute atomic E-state index is 12.6. The first-order valence-corrected chi connectivity index (χ1v) is 8.97. The molecule has 0 aliphatic carbocycles. The molecule has 8 heteroatoms. The number of hydrogen-bond donors (Lipinski definition) is 2. The normalized spacial score (nSPS) is 11.7. The number of anilines is 1. The lowest BCUT2D eigenvalue weighted by molar-refractivity contribution is 0.494. The highest BCUT2D eigenvalue weighted by Crippen LogP contribution is 2.30. The number of aryl methyl sites for hydroxylation is 2. The molecular formula is C13H14ClIN2O3S. The molecule has 21 heavy (non-hydrogen) atoms. The van der Waals surface area contributed by atoms with E-state index in [1.54, 1.807) is 32.0 Å². The van der Waals surface area contributed by atoms with Crippen LogP contribution in [0, 0.1) is 17.4 Å². The Morgan fingerprint density at radius 3 is 2.57 bits per heavy atom. The van der Waals surface area contributed by atoms with E-state index < -0.39 is 10.0 Å². The molecule has 0 spiro atoms. The smallest absolute Gasteiger partial charge is 0.265 e. The Kier molecular flexibility index (Phi) is 4.86. The Labute approximate surface area is 142 Å². The molecule has 0 amide bonds. The predicted octanol–water partition coefficient (Wildman–Crippen LogP) is 3.41. The second-order valence-electron chi connectivity index (χ2n) is 4.46. The molecule has 2 aromatic rings. The topological polar surface area (TPSA) is 85.3 Å². The molecule has 0 aliphatic heterocycles. The van der Waals surface area contributed by atoms with Crippen LogP contribution >= 0.6 is 34.2 Å². The first kappa shape index (κ1) is 16.6. The van der Waals surface area contributed by atoms with Crippen LogP contribution in [-0.2, 0) is 16.6 Å². The lowest BCUT2D eigenvalue weighted by Crippen LogP contribution is -2.17. The van der Waals surface area contributed by atoms with E-state index in [4.69, 9.17) is 21.8 Å². The maximum atomic E-state index is 12.6. The Balaban J connectivity index is 2.48. The summed E-state index contributed by atoms with van der Waals surface area (Å²) in [4.78, 5) is 0.105. The van der Waals surface area contributed by atoms with Crippen molar-refractivity contribution in [3.8, 4) is 0 Å². The quantitative estimate of drug-likeness (QED) is 0.714. The molecule has 1 heterocycles. The summed E-state index contributed by atoms with van der Waals surface area (Å²) in [7, 11) is -3.77. The van der Waals surface area contributed by atoms with Gasteiger partial charge < -0.3 is 10.2 Å². The molecule has 0 bridgehead atoms. The van der Waals surface area contributed by atoms with Gasteiger partial charge in [0.2, 0.25) is 0 Å². The highest BCUT2D eigenvalue weighted by Gasteiger charge is 2.26. The zero-order valence-corrected chi connectivity index (χ0v) is 15.1. The molecule has 0 saturated carbocycles. The molecule has 1 aromatic carbocycles. The number of benzene rings is 1. The predicted molar refractivity (Wildman–Crippen MR) is 91.1 cm³/mol. The fraction of sp³-hybridized carbons (Fsp3) is 0.231. The van der Waals surface area contributed by atoms with Gasteiger partial charge in [-0.25, -0.2) is 8.42 Å². The first-order valence-electron chi connectivity index (χ1n) is 6.03. The van der Waals surface area contributed by atoms with E-state index in [0.29, 0.717) is 31.4 Å². The Bertz CT molecular complexity index is 787. The number of rotatable bonds is 4. The number of nitrogens with two attached hydrogens (primary N) is 1. The van der Waals surface area contributed by atoms with Crippen molar-refractivity contribution in [1.82, 2.24) is 0 Å². The zero-order chi connectivity index (χ0) is 15.8. The molecule has 0 radical (unpaired) electrons. The van der Waals surface area contributed by atoms with E-state index in [1.807, 2.05) is 22.6 Å². The van der Waals surface area contributed by atoms with E-state index in [2.05, 4.69) is 4.72 Å². The Morgan fingerprint density at radius 2 is 2.00 bits per heavy atom. The van der Waals surface area contributed by atoms with Crippen molar-refractivity contribution in [3.63, 3.8) is 0 Å². The van der Waals surface area contributed by atoms with Crippen LogP contribution in [0.4, 0.5) is 5.69 Å². The van der Waals surface area contributed by atoms with Crippen LogP contribution in [0.25, 0.3) is 0 Å². The lowest BCUT2D eigenvalue weighted by Gasteiger charge is -2.10. The van der Waals surface area contributed by atoms with Crippen LogP contribution in [0.1, 0.15) is 17.1 Å². The van der Waals surface area contributed by atoms with E-state index >= 15 is 0 Å². The van der Waals surface area contributed by atoms with Crippen molar-refractivity contribution in [2.45, 2.75) is 25.3 Å². The standard InChI is InChI=1S/C13H14ClIN2O3S/c1-7-10(6-16)13(8(2)20-7)21(18,19)17-12-4-3-9(14)5-11(12)15/h3-5,17H,6,16H2,1-2H3. The monoisotopic (exact) mass is 440 g/mol. The van der Waals surface area contributed by atoms with Gasteiger partial charge in [-0.1, -0.05) is 11.6 Å². The number of halogens is 2. The molecule has 0 unspecified atom stereocenters. The average molecular weight is 441 g/mol. The van der Waals surface area contributed by atoms with Crippen molar-refractivity contribution in [3.05, 3.63) is 43.9 Å². The van der Waals surface area contributed by atoms with Crippen LogP contribution in [0.2, 0.25) is 5.02 Å². The second-order valence-corrected chi connectivity index (χ2v) is 7.67. The summed E-state index contributed by atoms with van der Waals surface area (Å²) in [6.07, 6.45) is 0. The van der Waals surface area contributed by atoms with Crippen LogP contribution in [0.3, 0.4) is 0 Å². The van der Waals surface area contributed by atoms with Gasteiger partial charge in [0.25, 0.3) is 10.0 Å². The molecule has 0 aliphatic rings. The summed E-state index contributed by atoms with van der Waals surface area (Å²) in [6, 6.07) is 4.92. The van der Waals surface area contributed by atoms with Gasteiger partial charge >= 0.3 is 0 Å². The van der Waals surface area contributed by atoms with Crippen molar-refractivity contribution < 1.29 is 12.8 Å². The molecule has 0 saturated heterocycles. The maximum Gasteiger partial charge on any atom is 0.265 e. The van der Waals surface area contributed by atoms with Crippen LogP contribution in [-0.4, -0.2) is 8.42 Å². The van der Waals surface area contributed by atoms with Gasteiger partial charge in [0.15, 0.2) is 0 Å². The van der Waals surface area contributed by atoms with Crippen molar-refractivity contribution >= 4 is 49.9 Å². The van der Waals surface area contributed by atoms with Gasteiger partial charge in [-0.05, 0) is 54.6 Å². The molecule has 0 fully saturated rings. The first-order chi connectivity index (χ1) is 9.76. The highest BCUT2D eigenvalue weighted by molar-refractivity contribution is 14.1. The van der Waals surface area contributed by atoms with Crippen LogP contribution in [0.5, 0.6) is 0 Å². The van der Waals surface area contributed by atoms with Gasteiger partial charge in [-0.3, -0.25) is 4.72 Å². The zero-order valence-electron chi connectivity index (χ0n) is 11.4. The third-order valence-corrected chi connectivity index (χ3v) is 5.66. The molecule has 2 rings (SSSR count). The summed E-state index contributed by atoms with van der Waals surface area (Å²) < 4.78 is 33.8. The SMILES string of the molecule is Cc1oc(C)c(S(=O)(=O)Nc2ccc(Cl)cc2I)c1CN. The summed E-state index contributed by atoms with van der Waals surface area (Å²) in [5.74, 6) is 0.839. The molecule has 114 valence electrons. The van der Waals surface area contributed by atoms with Crippen LogP contribution in [0.15, 0.2) is 27.5 Å².